The maximum Gasteiger partial charge on any atom is 0.229 e. The summed E-state index contributed by atoms with van der Waals surface area (Å²) in [4.78, 5) is 39.9. The number of piperidine rings is 1. The SMILES string of the molecule is COc1ccc(N2C(=O)CC[C@@H](C(=O)Nc3ccc(NC(C)=O)cc3)[C@@H]2c2ccccc2OC)cc1. The van der Waals surface area contributed by atoms with Crippen molar-refractivity contribution in [3.05, 3.63) is 78.4 Å². The standard InChI is InChI=1S/C28H29N3O5/c1-18(32)29-19-8-10-20(11-9-19)30-28(34)24-16-17-26(33)31(21-12-14-22(35-2)15-13-21)27(24)23-6-4-5-7-25(23)36-3/h4-15,24,27H,16-17H2,1-3H3,(H,29,32)(H,30,34)/t24-,27+/m1/s1. The molecule has 1 aliphatic rings. The molecule has 8 heteroatoms. The van der Waals surface area contributed by atoms with Crippen molar-refractivity contribution in [1.29, 1.82) is 0 Å². The Kier molecular flexibility index (Phi) is 7.53. The van der Waals surface area contributed by atoms with E-state index in [2.05, 4.69) is 10.6 Å². The van der Waals surface area contributed by atoms with Gasteiger partial charge in [0.15, 0.2) is 0 Å². The summed E-state index contributed by atoms with van der Waals surface area (Å²) in [6.07, 6.45) is 0.626. The first kappa shape index (κ1) is 24.8. The third-order valence-corrected chi connectivity index (χ3v) is 6.21. The van der Waals surface area contributed by atoms with E-state index in [0.717, 1.165) is 5.56 Å². The molecule has 0 radical (unpaired) electrons. The Balaban J connectivity index is 1.70. The number of nitrogens with zero attached hydrogens (tertiary/aromatic N) is 1. The van der Waals surface area contributed by atoms with E-state index in [4.69, 9.17) is 9.47 Å². The zero-order chi connectivity index (χ0) is 25.7. The quantitative estimate of drug-likeness (QED) is 0.500. The van der Waals surface area contributed by atoms with Crippen LogP contribution in [0.2, 0.25) is 0 Å². The van der Waals surface area contributed by atoms with E-state index in [1.807, 2.05) is 36.4 Å². The molecule has 0 bridgehead atoms. The van der Waals surface area contributed by atoms with Gasteiger partial charge in [-0.15, -0.1) is 0 Å². The zero-order valence-electron chi connectivity index (χ0n) is 20.5. The van der Waals surface area contributed by atoms with Crippen LogP contribution in [0.5, 0.6) is 11.5 Å². The number of benzene rings is 3. The van der Waals surface area contributed by atoms with Gasteiger partial charge in [0, 0.05) is 36.0 Å². The summed E-state index contributed by atoms with van der Waals surface area (Å²) in [5.74, 6) is 0.305. The van der Waals surface area contributed by atoms with Crippen molar-refractivity contribution in [1.82, 2.24) is 0 Å². The molecule has 3 aromatic carbocycles. The van der Waals surface area contributed by atoms with Crippen LogP contribution in [0.25, 0.3) is 0 Å². The molecule has 1 heterocycles. The molecule has 0 spiro atoms. The number of methoxy groups -OCH3 is 2. The first-order chi connectivity index (χ1) is 17.4. The average Bonchev–Trinajstić information content (AvgIpc) is 2.89. The van der Waals surface area contributed by atoms with E-state index in [9.17, 15) is 14.4 Å². The number of rotatable bonds is 7. The first-order valence-electron chi connectivity index (χ1n) is 11.7. The Morgan fingerprint density at radius 2 is 1.50 bits per heavy atom. The predicted octanol–water partition coefficient (Wildman–Crippen LogP) is 4.79. The number of anilines is 3. The molecular weight excluding hydrogens is 458 g/mol. The van der Waals surface area contributed by atoms with Crippen molar-refractivity contribution in [2.45, 2.75) is 25.8 Å². The number of hydrogen-bond donors (Lipinski definition) is 2. The van der Waals surface area contributed by atoms with Gasteiger partial charge in [0.05, 0.1) is 26.2 Å². The molecule has 36 heavy (non-hydrogen) atoms. The highest BCUT2D eigenvalue weighted by Crippen LogP contribution is 2.43. The molecule has 186 valence electrons. The van der Waals surface area contributed by atoms with E-state index in [-0.39, 0.29) is 24.1 Å². The van der Waals surface area contributed by atoms with Gasteiger partial charge in [0.25, 0.3) is 0 Å². The number of amides is 3. The molecule has 0 saturated carbocycles. The highest BCUT2D eigenvalue weighted by atomic mass is 16.5. The fourth-order valence-corrected chi connectivity index (χ4v) is 4.56. The van der Waals surface area contributed by atoms with Gasteiger partial charge < -0.3 is 25.0 Å². The largest absolute Gasteiger partial charge is 0.497 e. The van der Waals surface area contributed by atoms with Crippen LogP contribution in [0.15, 0.2) is 72.8 Å². The average molecular weight is 488 g/mol. The van der Waals surface area contributed by atoms with Gasteiger partial charge >= 0.3 is 0 Å². The second-order valence-electron chi connectivity index (χ2n) is 8.54. The molecule has 2 N–H and O–H groups in total. The summed E-state index contributed by atoms with van der Waals surface area (Å²) in [6, 6.07) is 21.0. The van der Waals surface area contributed by atoms with E-state index in [1.165, 1.54) is 6.92 Å². The smallest absolute Gasteiger partial charge is 0.229 e. The normalized spacial score (nSPS) is 17.3. The number of para-hydroxylation sites is 1. The van der Waals surface area contributed by atoms with Crippen molar-refractivity contribution >= 4 is 34.8 Å². The van der Waals surface area contributed by atoms with Gasteiger partial charge in [-0.05, 0) is 61.0 Å². The molecule has 3 aromatic rings. The first-order valence-corrected chi connectivity index (χ1v) is 11.7. The molecule has 4 rings (SSSR count). The minimum atomic E-state index is -0.575. The van der Waals surface area contributed by atoms with Gasteiger partial charge in [0.2, 0.25) is 17.7 Å². The minimum absolute atomic E-state index is 0.0696. The van der Waals surface area contributed by atoms with Gasteiger partial charge in [-0.2, -0.15) is 0 Å². The van der Waals surface area contributed by atoms with Gasteiger partial charge in [0.1, 0.15) is 11.5 Å². The molecule has 1 fully saturated rings. The van der Waals surface area contributed by atoms with E-state index >= 15 is 0 Å². The highest BCUT2D eigenvalue weighted by Gasteiger charge is 2.42. The number of nitrogens with one attached hydrogen (secondary N) is 2. The van der Waals surface area contributed by atoms with E-state index in [0.29, 0.717) is 35.0 Å². The summed E-state index contributed by atoms with van der Waals surface area (Å²) in [5, 5.41) is 5.69. The van der Waals surface area contributed by atoms with Crippen molar-refractivity contribution < 1.29 is 23.9 Å². The number of hydrogen-bond acceptors (Lipinski definition) is 5. The summed E-state index contributed by atoms with van der Waals surface area (Å²) < 4.78 is 10.9. The molecule has 3 amide bonds. The van der Waals surface area contributed by atoms with Crippen LogP contribution >= 0.6 is 0 Å². The zero-order valence-corrected chi connectivity index (χ0v) is 20.5. The number of carbonyl (C=O) groups excluding carboxylic acids is 3. The maximum atomic E-state index is 13.6. The predicted molar refractivity (Wildman–Crippen MR) is 138 cm³/mol. The fourth-order valence-electron chi connectivity index (χ4n) is 4.56. The van der Waals surface area contributed by atoms with Crippen LogP contribution in [0.1, 0.15) is 31.4 Å². The topological polar surface area (TPSA) is 97.0 Å². The summed E-state index contributed by atoms with van der Waals surface area (Å²) in [6.45, 7) is 1.44. The summed E-state index contributed by atoms with van der Waals surface area (Å²) >= 11 is 0. The van der Waals surface area contributed by atoms with Crippen LogP contribution in [0.3, 0.4) is 0 Å². The van der Waals surface area contributed by atoms with Gasteiger partial charge in [-0.25, -0.2) is 0 Å². The van der Waals surface area contributed by atoms with Gasteiger partial charge in [-0.3, -0.25) is 14.4 Å². The lowest BCUT2D eigenvalue weighted by Gasteiger charge is -2.41. The lowest BCUT2D eigenvalue weighted by Crippen LogP contribution is -2.47. The lowest BCUT2D eigenvalue weighted by molar-refractivity contribution is -0.126. The van der Waals surface area contributed by atoms with Gasteiger partial charge in [-0.1, -0.05) is 18.2 Å². The van der Waals surface area contributed by atoms with E-state index in [1.54, 1.807) is 55.5 Å². The second-order valence-corrected chi connectivity index (χ2v) is 8.54. The van der Waals surface area contributed by atoms with Crippen LogP contribution in [-0.2, 0) is 14.4 Å². The van der Waals surface area contributed by atoms with Crippen LogP contribution < -0.4 is 25.0 Å². The Hall–Kier alpha value is -4.33. The monoisotopic (exact) mass is 487 g/mol. The molecule has 1 saturated heterocycles. The molecular formula is C28H29N3O5. The number of ether oxygens (including phenoxy) is 2. The molecule has 0 aliphatic carbocycles. The molecule has 2 atom stereocenters. The van der Waals surface area contributed by atoms with E-state index < -0.39 is 12.0 Å². The van der Waals surface area contributed by atoms with Crippen molar-refractivity contribution in [2.24, 2.45) is 5.92 Å². The molecule has 1 aliphatic heterocycles. The van der Waals surface area contributed by atoms with Crippen LogP contribution in [-0.4, -0.2) is 31.9 Å². The van der Waals surface area contributed by atoms with Crippen molar-refractivity contribution in [2.75, 3.05) is 29.8 Å². The molecule has 0 unspecified atom stereocenters. The van der Waals surface area contributed by atoms with Crippen molar-refractivity contribution in [3.63, 3.8) is 0 Å². The Morgan fingerprint density at radius 1 is 0.861 bits per heavy atom. The fraction of sp³-hybridized carbons (Fsp3) is 0.250. The van der Waals surface area contributed by atoms with Crippen LogP contribution in [0, 0.1) is 5.92 Å². The van der Waals surface area contributed by atoms with Crippen molar-refractivity contribution in [3.8, 4) is 11.5 Å². The van der Waals surface area contributed by atoms with Crippen LogP contribution in [0.4, 0.5) is 17.1 Å². The maximum absolute atomic E-state index is 13.6. The second kappa shape index (κ2) is 10.9. The highest BCUT2D eigenvalue weighted by molar-refractivity contribution is 6.00. The minimum Gasteiger partial charge on any atom is -0.497 e. The lowest BCUT2D eigenvalue weighted by atomic mass is 9.82. The molecule has 8 nitrogen and oxygen atoms in total. The molecule has 0 aromatic heterocycles. The summed E-state index contributed by atoms with van der Waals surface area (Å²) in [5.41, 5.74) is 2.67. The summed E-state index contributed by atoms with van der Waals surface area (Å²) in [7, 11) is 3.16. The third-order valence-electron chi connectivity index (χ3n) is 6.21. The Bertz CT molecular complexity index is 1240. The third kappa shape index (κ3) is 5.33. The Morgan fingerprint density at radius 3 is 2.11 bits per heavy atom. The Labute approximate surface area is 210 Å². The number of carbonyl (C=O) groups is 3.